The molecule has 31 heavy (non-hydrogen) atoms. The van der Waals surface area contributed by atoms with Crippen molar-refractivity contribution >= 4 is 6.21 Å². The number of piperazine rings is 1. The molecule has 4 nitrogen and oxygen atoms in total. The highest BCUT2D eigenvalue weighted by Gasteiger charge is 2.25. The van der Waals surface area contributed by atoms with Gasteiger partial charge in [0.1, 0.15) is 5.75 Å². The molecule has 1 N–H and O–H groups in total. The van der Waals surface area contributed by atoms with Crippen LogP contribution in [0.1, 0.15) is 28.3 Å². The first-order valence-electron chi connectivity index (χ1n) is 10.8. The Balaban J connectivity index is 1.45. The minimum absolute atomic E-state index is 0.244. The molecule has 0 amide bonds. The van der Waals surface area contributed by atoms with Crippen molar-refractivity contribution in [3.63, 3.8) is 0 Å². The SMILES string of the molecule is C=CCc1cccc(/C=N/N2CCN(C(c3ccccc3)c3ccccc3)CC2)c1O. The molecular weight excluding hydrogens is 382 g/mol. The third-order valence-electron chi connectivity index (χ3n) is 5.76. The summed E-state index contributed by atoms with van der Waals surface area (Å²) in [5.74, 6) is 0.290. The number of hydrazone groups is 1. The van der Waals surface area contributed by atoms with E-state index in [1.165, 1.54) is 11.1 Å². The molecule has 1 fully saturated rings. The van der Waals surface area contributed by atoms with E-state index in [0.717, 1.165) is 37.3 Å². The average Bonchev–Trinajstić information content (AvgIpc) is 2.82. The van der Waals surface area contributed by atoms with Crippen molar-refractivity contribution in [2.75, 3.05) is 26.2 Å². The number of phenolic OH excluding ortho intramolecular Hbond substituents is 1. The van der Waals surface area contributed by atoms with Crippen LogP contribution in [0.25, 0.3) is 0 Å². The fraction of sp³-hybridized carbons (Fsp3) is 0.222. The van der Waals surface area contributed by atoms with Gasteiger partial charge in [0, 0.05) is 31.7 Å². The second kappa shape index (κ2) is 10.1. The highest BCUT2D eigenvalue weighted by Crippen LogP contribution is 2.29. The third kappa shape index (κ3) is 5.04. The number of nitrogens with zero attached hydrogens (tertiary/aromatic N) is 3. The summed E-state index contributed by atoms with van der Waals surface area (Å²) < 4.78 is 0. The summed E-state index contributed by atoms with van der Waals surface area (Å²) in [6, 6.07) is 27.4. The van der Waals surface area contributed by atoms with E-state index in [9.17, 15) is 5.11 Å². The number of benzene rings is 3. The zero-order valence-corrected chi connectivity index (χ0v) is 17.8. The minimum atomic E-state index is 0.244. The van der Waals surface area contributed by atoms with Crippen LogP contribution in [0.2, 0.25) is 0 Å². The molecule has 0 atom stereocenters. The largest absolute Gasteiger partial charge is 0.507 e. The van der Waals surface area contributed by atoms with Gasteiger partial charge in [0.05, 0.1) is 12.3 Å². The van der Waals surface area contributed by atoms with Crippen LogP contribution >= 0.6 is 0 Å². The van der Waals surface area contributed by atoms with Crippen LogP contribution in [0.5, 0.6) is 5.75 Å². The standard InChI is InChI=1S/C27H29N3O/c1-2-10-24-15-9-16-25(27(24)31)21-28-30-19-17-29(18-20-30)26(22-11-5-3-6-12-22)23-13-7-4-8-14-23/h2-9,11-16,21,26,31H,1,10,17-20H2/b28-21+. The molecule has 0 bridgehead atoms. The number of hydrogen-bond acceptors (Lipinski definition) is 4. The lowest BCUT2D eigenvalue weighted by molar-refractivity contribution is 0.113. The highest BCUT2D eigenvalue weighted by atomic mass is 16.3. The lowest BCUT2D eigenvalue weighted by Gasteiger charge is -2.38. The average molecular weight is 412 g/mol. The Morgan fingerprint density at radius 1 is 0.839 bits per heavy atom. The zero-order valence-electron chi connectivity index (χ0n) is 17.8. The second-order valence-corrected chi connectivity index (χ2v) is 7.81. The van der Waals surface area contributed by atoms with Crippen molar-refractivity contribution in [2.45, 2.75) is 12.5 Å². The van der Waals surface area contributed by atoms with E-state index in [4.69, 9.17) is 0 Å². The fourth-order valence-electron chi connectivity index (χ4n) is 4.15. The van der Waals surface area contributed by atoms with Crippen LogP contribution in [-0.4, -0.2) is 47.4 Å². The molecule has 0 aliphatic carbocycles. The van der Waals surface area contributed by atoms with Crippen molar-refractivity contribution < 1.29 is 5.11 Å². The van der Waals surface area contributed by atoms with Gasteiger partial charge in [-0.25, -0.2) is 0 Å². The van der Waals surface area contributed by atoms with Gasteiger partial charge in [0.2, 0.25) is 0 Å². The first-order valence-corrected chi connectivity index (χ1v) is 10.8. The van der Waals surface area contributed by atoms with Crippen LogP contribution in [0.4, 0.5) is 0 Å². The molecule has 3 aromatic carbocycles. The number of para-hydroxylation sites is 1. The lowest BCUT2D eigenvalue weighted by atomic mass is 9.96. The Labute approximate surface area is 184 Å². The van der Waals surface area contributed by atoms with Crippen LogP contribution < -0.4 is 0 Å². The normalized spacial score (nSPS) is 14.9. The van der Waals surface area contributed by atoms with Gasteiger partial charge in [-0.05, 0) is 29.2 Å². The Morgan fingerprint density at radius 3 is 2.03 bits per heavy atom. The number of hydrogen-bond donors (Lipinski definition) is 1. The topological polar surface area (TPSA) is 39.1 Å². The van der Waals surface area contributed by atoms with Crippen molar-refractivity contribution in [1.29, 1.82) is 0 Å². The van der Waals surface area contributed by atoms with Gasteiger partial charge >= 0.3 is 0 Å². The van der Waals surface area contributed by atoms with Gasteiger partial charge in [0.15, 0.2) is 0 Å². The summed E-state index contributed by atoms with van der Waals surface area (Å²) in [6.45, 7) is 7.30. The van der Waals surface area contributed by atoms with Crippen LogP contribution in [0.15, 0.2) is 96.6 Å². The zero-order chi connectivity index (χ0) is 21.5. The monoisotopic (exact) mass is 411 g/mol. The molecule has 158 valence electrons. The predicted molar refractivity (Wildman–Crippen MR) is 127 cm³/mol. The lowest BCUT2D eigenvalue weighted by Crippen LogP contribution is -2.45. The summed E-state index contributed by atoms with van der Waals surface area (Å²) in [5.41, 5.74) is 4.25. The molecule has 4 heteroatoms. The quantitative estimate of drug-likeness (QED) is 0.446. The maximum absolute atomic E-state index is 10.5. The van der Waals surface area contributed by atoms with Gasteiger partial charge in [-0.2, -0.15) is 5.10 Å². The summed E-state index contributed by atoms with van der Waals surface area (Å²) in [7, 11) is 0. The smallest absolute Gasteiger partial charge is 0.127 e. The van der Waals surface area contributed by atoms with Gasteiger partial charge in [-0.3, -0.25) is 9.91 Å². The fourth-order valence-corrected chi connectivity index (χ4v) is 4.15. The van der Waals surface area contributed by atoms with Gasteiger partial charge in [-0.15, -0.1) is 6.58 Å². The van der Waals surface area contributed by atoms with E-state index in [-0.39, 0.29) is 11.8 Å². The molecule has 1 aliphatic heterocycles. The molecule has 0 spiro atoms. The second-order valence-electron chi connectivity index (χ2n) is 7.81. The maximum atomic E-state index is 10.5. The molecule has 1 saturated heterocycles. The van der Waals surface area contributed by atoms with Gasteiger partial charge in [-0.1, -0.05) is 78.9 Å². The minimum Gasteiger partial charge on any atom is -0.507 e. The Bertz CT molecular complexity index is 970. The molecule has 1 aliphatic rings. The number of phenols is 1. The molecule has 3 aromatic rings. The van der Waals surface area contributed by atoms with Crippen LogP contribution in [0, 0.1) is 0 Å². The molecule has 1 heterocycles. The Morgan fingerprint density at radius 2 is 1.45 bits per heavy atom. The summed E-state index contributed by atoms with van der Waals surface area (Å²) >= 11 is 0. The molecular formula is C27H29N3O. The summed E-state index contributed by atoms with van der Waals surface area (Å²) in [6.07, 6.45) is 4.21. The predicted octanol–water partition coefficient (Wildman–Crippen LogP) is 4.86. The van der Waals surface area contributed by atoms with E-state index in [1.54, 1.807) is 12.3 Å². The number of rotatable bonds is 7. The van der Waals surface area contributed by atoms with E-state index >= 15 is 0 Å². The van der Waals surface area contributed by atoms with Crippen LogP contribution in [0.3, 0.4) is 0 Å². The summed E-state index contributed by atoms with van der Waals surface area (Å²) in [5, 5.41) is 17.2. The van der Waals surface area contributed by atoms with Crippen molar-refractivity contribution in [1.82, 2.24) is 9.91 Å². The third-order valence-corrected chi connectivity index (χ3v) is 5.76. The van der Waals surface area contributed by atoms with E-state index in [0.29, 0.717) is 6.42 Å². The Kier molecular flexibility index (Phi) is 6.80. The molecule has 0 saturated carbocycles. The van der Waals surface area contributed by atoms with Crippen molar-refractivity contribution in [2.24, 2.45) is 5.10 Å². The van der Waals surface area contributed by atoms with Crippen LogP contribution in [-0.2, 0) is 6.42 Å². The molecule has 0 aromatic heterocycles. The van der Waals surface area contributed by atoms with Crippen molar-refractivity contribution in [3.05, 3.63) is 114 Å². The Hall–Kier alpha value is -3.37. The van der Waals surface area contributed by atoms with Gasteiger partial charge in [0.25, 0.3) is 0 Å². The number of aromatic hydroxyl groups is 1. The van der Waals surface area contributed by atoms with Gasteiger partial charge < -0.3 is 5.11 Å². The summed E-state index contributed by atoms with van der Waals surface area (Å²) in [4.78, 5) is 2.53. The molecule has 0 unspecified atom stereocenters. The van der Waals surface area contributed by atoms with Crippen molar-refractivity contribution in [3.8, 4) is 5.75 Å². The van der Waals surface area contributed by atoms with E-state index in [2.05, 4.69) is 82.3 Å². The molecule has 4 rings (SSSR count). The molecule has 0 radical (unpaired) electrons. The first kappa shape index (κ1) is 20.9. The maximum Gasteiger partial charge on any atom is 0.127 e. The number of allylic oxidation sites excluding steroid dienone is 1. The highest BCUT2D eigenvalue weighted by molar-refractivity contribution is 5.83. The first-order chi connectivity index (χ1) is 15.3. The van der Waals surface area contributed by atoms with E-state index in [1.807, 2.05) is 18.2 Å². The van der Waals surface area contributed by atoms with E-state index < -0.39 is 0 Å².